The third-order valence-electron chi connectivity index (χ3n) is 2.47. The van der Waals surface area contributed by atoms with Gasteiger partial charge in [0.1, 0.15) is 0 Å². The van der Waals surface area contributed by atoms with Crippen molar-refractivity contribution in [3.05, 3.63) is 23.8 Å². The van der Waals surface area contributed by atoms with Crippen LogP contribution in [0, 0.1) is 0 Å². The molecule has 0 aliphatic carbocycles. The topological polar surface area (TPSA) is 69.2 Å². The van der Waals surface area contributed by atoms with Crippen LogP contribution in [0.5, 0.6) is 11.5 Å². The molecular formula is C14H20N2O4. The quantitative estimate of drug-likeness (QED) is 0.580. The number of ether oxygens (including phenoxy) is 2. The number of carbonyl (C=O) groups is 1. The SMILES string of the molecule is CCCNC(=O)CO/N=C\c1cccc(OC)c1OC. The van der Waals surface area contributed by atoms with Crippen molar-refractivity contribution < 1.29 is 19.1 Å². The van der Waals surface area contributed by atoms with Gasteiger partial charge >= 0.3 is 0 Å². The average Bonchev–Trinajstić information content (AvgIpc) is 2.48. The van der Waals surface area contributed by atoms with E-state index in [1.165, 1.54) is 6.21 Å². The number of carbonyl (C=O) groups excluding carboxylic acids is 1. The van der Waals surface area contributed by atoms with E-state index >= 15 is 0 Å². The first-order valence-corrected chi connectivity index (χ1v) is 6.36. The zero-order chi connectivity index (χ0) is 14.8. The molecular weight excluding hydrogens is 260 g/mol. The summed E-state index contributed by atoms with van der Waals surface area (Å²) in [5, 5.41) is 6.44. The van der Waals surface area contributed by atoms with E-state index in [0.717, 1.165) is 6.42 Å². The summed E-state index contributed by atoms with van der Waals surface area (Å²) in [7, 11) is 3.11. The summed E-state index contributed by atoms with van der Waals surface area (Å²) in [5.41, 5.74) is 0.709. The van der Waals surface area contributed by atoms with Gasteiger partial charge < -0.3 is 19.6 Å². The highest BCUT2D eigenvalue weighted by atomic mass is 16.6. The van der Waals surface area contributed by atoms with Crippen molar-refractivity contribution in [2.24, 2.45) is 5.16 Å². The fourth-order valence-electron chi connectivity index (χ4n) is 1.52. The largest absolute Gasteiger partial charge is 0.493 e. The van der Waals surface area contributed by atoms with Gasteiger partial charge in [-0.3, -0.25) is 4.79 Å². The first kappa shape index (κ1) is 15.8. The number of methoxy groups -OCH3 is 2. The van der Waals surface area contributed by atoms with E-state index in [1.54, 1.807) is 20.3 Å². The smallest absolute Gasteiger partial charge is 0.260 e. The van der Waals surface area contributed by atoms with Gasteiger partial charge in [0, 0.05) is 12.1 Å². The van der Waals surface area contributed by atoms with Crippen LogP contribution in [-0.4, -0.2) is 39.5 Å². The van der Waals surface area contributed by atoms with Crippen molar-refractivity contribution in [2.45, 2.75) is 13.3 Å². The standard InChI is InChI=1S/C14H20N2O4/c1-4-8-15-13(17)10-20-16-9-11-6-5-7-12(18-2)14(11)19-3/h5-7,9H,4,8,10H2,1-3H3,(H,15,17)/b16-9-. The number of nitrogens with one attached hydrogen (secondary N) is 1. The molecule has 110 valence electrons. The van der Waals surface area contributed by atoms with Gasteiger partial charge in [0.15, 0.2) is 18.1 Å². The summed E-state index contributed by atoms with van der Waals surface area (Å²) in [4.78, 5) is 16.2. The molecule has 6 nitrogen and oxygen atoms in total. The van der Waals surface area contributed by atoms with E-state index < -0.39 is 0 Å². The molecule has 1 N–H and O–H groups in total. The van der Waals surface area contributed by atoms with Crippen molar-refractivity contribution in [1.29, 1.82) is 0 Å². The number of para-hydroxylation sites is 1. The minimum absolute atomic E-state index is 0.108. The van der Waals surface area contributed by atoms with Crippen molar-refractivity contribution >= 4 is 12.1 Å². The fourth-order valence-corrected chi connectivity index (χ4v) is 1.52. The molecule has 0 heterocycles. The number of hydrogen-bond donors (Lipinski definition) is 1. The summed E-state index contributed by atoms with van der Waals surface area (Å²) in [6.07, 6.45) is 2.37. The van der Waals surface area contributed by atoms with Gasteiger partial charge in [0.2, 0.25) is 0 Å². The molecule has 1 aromatic carbocycles. The molecule has 0 fully saturated rings. The van der Waals surface area contributed by atoms with E-state index in [2.05, 4.69) is 10.5 Å². The molecule has 20 heavy (non-hydrogen) atoms. The molecule has 1 aromatic rings. The lowest BCUT2D eigenvalue weighted by atomic mass is 10.2. The van der Waals surface area contributed by atoms with Crippen LogP contribution < -0.4 is 14.8 Å². The zero-order valence-corrected chi connectivity index (χ0v) is 12.0. The highest BCUT2D eigenvalue weighted by Crippen LogP contribution is 2.29. The van der Waals surface area contributed by atoms with Crippen LogP contribution >= 0.6 is 0 Å². The fraction of sp³-hybridized carbons (Fsp3) is 0.429. The molecule has 0 aromatic heterocycles. The number of rotatable bonds is 8. The second kappa shape index (κ2) is 8.79. The number of amides is 1. The number of oxime groups is 1. The van der Waals surface area contributed by atoms with Crippen LogP contribution in [-0.2, 0) is 9.63 Å². The summed E-state index contributed by atoms with van der Waals surface area (Å²) >= 11 is 0. The highest BCUT2D eigenvalue weighted by molar-refractivity contribution is 5.84. The molecule has 0 saturated heterocycles. The summed E-state index contributed by atoms with van der Waals surface area (Å²) < 4.78 is 10.4. The zero-order valence-electron chi connectivity index (χ0n) is 12.0. The molecule has 0 aliphatic rings. The second-order valence-electron chi connectivity index (χ2n) is 3.94. The summed E-state index contributed by atoms with van der Waals surface area (Å²) in [6, 6.07) is 5.41. The van der Waals surface area contributed by atoms with Crippen LogP contribution in [0.25, 0.3) is 0 Å². The Morgan fingerprint density at radius 2 is 2.15 bits per heavy atom. The minimum atomic E-state index is -0.193. The molecule has 0 aliphatic heterocycles. The van der Waals surface area contributed by atoms with Crippen LogP contribution in [0.2, 0.25) is 0 Å². The van der Waals surface area contributed by atoms with E-state index in [-0.39, 0.29) is 12.5 Å². The van der Waals surface area contributed by atoms with Crippen LogP contribution in [0.3, 0.4) is 0 Å². The molecule has 1 rings (SSSR count). The lowest BCUT2D eigenvalue weighted by Crippen LogP contribution is -2.27. The molecule has 0 radical (unpaired) electrons. The molecule has 0 saturated carbocycles. The molecule has 0 bridgehead atoms. The Kier molecular flexibility index (Phi) is 6.95. The third kappa shape index (κ3) is 4.79. The first-order chi connectivity index (χ1) is 9.72. The Bertz CT molecular complexity index is 460. The van der Waals surface area contributed by atoms with Gasteiger partial charge in [-0.2, -0.15) is 0 Å². The highest BCUT2D eigenvalue weighted by Gasteiger charge is 2.07. The normalized spacial score (nSPS) is 10.3. The Labute approximate surface area is 118 Å². The monoisotopic (exact) mass is 280 g/mol. The molecule has 1 amide bonds. The molecule has 0 spiro atoms. The maximum absolute atomic E-state index is 11.3. The van der Waals surface area contributed by atoms with E-state index in [1.807, 2.05) is 19.1 Å². The lowest BCUT2D eigenvalue weighted by molar-refractivity contribution is -0.125. The predicted octanol–water partition coefficient (Wildman–Crippen LogP) is 1.58. The lowest BCUT2D eigenvalue weighted by Gasteiger charge is -2.09. The molecule has 0 unspecified atom stereocenters. The summed E-state index contributed by atoms with van der Waals surface area (Å²) in [6.45, 7) is 2.51. The Morgan fingerprint density at radius 3 is 2.80 bits per heavy atom. The van der Waals surface area contributed by atoms with E-state index in [9.17, 15) is 4.79 Å². The third-order valence-corrected chi connectivity index (χ3v) is 2.47. The van der Waals surface area contributed by atoms with Crippen molar-refractivity contribution in [3.63, 3.8) is 0 Å². The maximum atomic E-state index is 11.3. The van der Waals surface area contributed by atoms with E-state index in [0.29, 0.717) is 23.6 Å². The van der Waals surface area contributed by atoms with Gasteiger partial charge in [-0.05, 0) is 18.6 Å². The minimum Gasteiger partial charge on any atom is -0.493 e. The maximum Gasteiger partial charge on any atom is 0.260 e. The van der Waals surface area contributed by atoms with Gasteiger partial charge in [-0.1, -0.05) is 18.1 Å². The number of benzene rings is 1. The van der Waals surface area contributed by atoms with Crippen molar-refractivity contribution in [1.82, 2.24) is 5.32 Å². The molecule has 0 atom stereocenters. The molecule has 6 heteroatoms. The van der Waals surface area contributed by atoms with Crippen LogP contribution in [0.1, 0.15) is 18.9 Å². The van der Waals surface area contributed by atoms with Crippen molar-refractivity contribution in [3.8, 4) is 11.5 Å². The second-order valence-corrected chi connectivity index (χ2v) is 3.94. The number of nitrogens with zero attached hydrogens (tertiary/aromatic N) is 1. The van der Waals surface area contributed by atoms with Crippen LogP contribution in [0.15, 0.2) is 23.4 Å². The number of hydrogen-bond acceptors (Lipinski definition) is 5. The summed E-state index contributed by atoms with van der Waals surface area (Å²) in [5.74, 6) is 0.983. The van der Waals surface area contributed by atoms with E-state index in [4.69, 9.17) is 14.3 Å². The average molecular weight is 280 g/mol. The first-order valence-electron chi connectivity index (χ1n) is 6.36. The Balaban J connectivity index is 2.56. The van der Waals surface area contributed by atoms with Gasteiger partial charge in [0.05, 0.1) is 20.4 Å². The van der Waals surface area contributed by atoms with Crippen LogP contribution in [0.4, 0.5) is 0 Å². The van der Waals surface area contributed by atoms with Crippen molar-refractivity contribution in [2.75, 3.05) is 27.4 Å². The predicted molar refractivity (Wildman–Crippen MR) is 76.4 cm³/mol. The van der Waals surface area contributed by atoms with Gasteiger partial charge in [0.25, 0.3) is 5.91 Å². The Hall–Kier alpha value is -2.24. The Morgan fingerprint density at radius 1 is 1.35 bits per heavy atom. The van der Waals surface area contributed by atoms with Gasteiger partial charge in [-0.25, -0.2) is 0 Å². The van der Waals surface area contributed by atoms with Gasteiger partial charge in [-0.15, -0.1) is 0 Å².